The molecule has 1 atom stereocenters. The van der Waals surface area contributed by atoms with Crippen molar-refractivity contribution in [1.29, 1.82) is 0 Å². The second kappa shape index (κ2) is 5.60. The standard InChI is InChI=1S/C17H25N3O/c1-11-7-13(17(3,4)5)8-12(2)14(11)9-16(21)15-10-18-19-20(15)6/h7-8,10,16,21H,9H2,1-6H3. The summed E-state index contributed by atoms with van der Waals surface area (Å²) in [6.45, 7) is 10.9. The predicted molar refractivity (Wildman–Crippen MR) is 84.3 cm³/mol. The summed E-state index contributed by atoms with van der Waals surface area (Å²) in [6, 6.07) is 4.47. The minimum Gasteiger partial charge on any atom is -0.386 e. The van der Waals surface area contributed by atoms with Crippen LogP contribution in [-0.2, 0) is 18.9 Å². The van der Waals surface area contributed by atoms with Crippen LogP contribution < -0.4 is 0 Å². The van der Waals surface area contributed by atoms with Crippen LogP contribution in [0.4, 0.5) is 0 Å². The number of aliphatic hydroxyl groups is 1. The number of nitrogens with zero attached hydrogens (tertiary/aromatic N) is 3. The Morgan fingerprint density at radius 2 is 1.76 bits per heavy atom. The van der Waals surface area contributed by atoms with Gasteiger partial charge in [0.25, 0.3) is 0 Å². The van der Waals surface area contributed by atoms with E-state index in [-0.39, 0.29) is 5.41 Å². The molecule has 1 heterocycles. The van der Waals surface area contributed by atoms with E-state index in [1.807, 2.05) is 0 Å². The van der Waals surface area contributed by atoms with Crippen LogP contribution in [0.5, 0.6) is 0 Å². The first-order valence-electron chi connectivity index (χ1n) is 7.33. The smallest absolute Gasteiger partial charge is 0.101 e. The molecule has 1 aromatic carbocycles. The van der Waals surface area contributed by atoms with Gasteiger partial charge < -0.3 is 5.11 Å². The van der Waals surface area contributed by atoms with Gasteiger partial charge in [-0.2, -0.15) is 0 Å². The fraction of sp³-hybridized carbons (Fsp3) is 0.529. The molecule has 4 heteroatoms. The Hall–Kier alpha value is -1.68. The molecule has 2 rings (SSSR count). The van der Waals surface area contributed by atoms with E-state index in [9.17, 15) is 5.11 Å². The van der Waals surface area contributed by atoms with Crippen LogP contribution in [0.1, 0.15) is 54.8 Å². The zero-order chi connectivity index (χ0) is 15.8. The van der Waals surface area contributed by atoms with E-state index in [0.29, 0.717) is 6.42 Å². The van der Waals surface area contributed by atoms with Crippen molar-refractivity contribution in [2.75, 3.05) is 0 Å². The van der Waals surface area contributed by atoms with E-state index in [2.05, 4.69) is 57.1 Å². The van der Waals surface area contributed by atoms with Gasteiger partial charge in [0.15, 0.2) is 0 Å². The lowest BCUT2D eigenvalue weighted by Crippen LogP contribution is -2.14. The summed E-state index contributed by atoms with van der Waals surface area (Å²) in [5.41, 5.74) is 5.88. The molecule has 1 unspecified atom stereocenters. The predicted octanol–water partition coefficient (Wildman–Crippen LogP) is 3.01. The fourth-order valence-corrected chi connectivity index (χ4v) is 2.65. The summed E-state index contributed by atoms with van der Waals surface area (Å²) < 4.78 is 1.62. The average molecular weight is 287 g/mol. The van der Waals surface area contributed by atoms with Crippen molar-refractivity contribution in [3.63, 3.8) is 0 Å². The second-order valence-corrected chi connectivity index (χ2v) is 6.84. The van der Waals surface area contributed by atoms with Crippen molar-refractivity contribution in [3.8, 4) is 0 Å². The molecule has 1 aromatic heterocycles. The molecule has 21 heavy (non-hydrogen) atoms. The third-order valence-corrected chi connectivity index (χ3v) is 4.05. The SMILES string of the molecule is Cc1cc(C(C)(C)C)cc(C)c1CC(O)c1cnnn1C. The summed E-state index contributed by atoms with van der Waals surface area (Å²) in [5.74, 6) is 0. The van der Waals surface area contributed by atoms with Gasteiger partial charge in [0.2, 0.25) is 0 Å². The Labute approximate surface area is 126 Å². The molecular formula is C17H25N3O. The van der Waals surface area contributed by atoms with Crippen LogP contribution in [0.2, 0.25) is 0 Å². The number of benzene rings is 1. The van der Waals surface area contributed by atoms with Gasteiger partial charge in [-0.25, -0.2) is 4.68 Å². The number of hydrogen-bond donors (Lipinski definition) is 1. The maximum Gasteiger partial charge on any atom is 0.101 e. The number of rotatable bonds is 3. The average Bonchev–Trinajstić information content (AvgIpc) is 2.78. The molecule has 0 aliphatic carbocycles. The molecular weight excluding hydrogens is 262 g/mol. The van der Waals surface area contributed by atoms with Crippen LogP contribution in [0.3, 0.4) is 0 Å². The van der Waals surface area contributed by atoms with Crippen molar-refractivity contribution < 1.29 is 5.11 Å². The largest absolute Gasteiger partial charge is 0.386 e. The highest BCUT2D eigenvalue weighted by Gasteiger charge is 2.19. The molecule has 4 nitrogen and oxygen atoms in total. The first-order valence-corrected chi connectivity index (χ1v) is 7.33. The van der Waals surface area contributed by atoms with Gasteiger partial charge in [-0.15, -0.1) is 5.10 Å². The van der Waals surface area contributed by atoms with E-state index in [4.69, 9.17) is 0 Å². The van der Waals surface area contributed by atoms with E-state index < -0.39 is 6.10 Å². The molecule has 0 spiro atoms. The van der Waals surface area contributed by atoms with Crippen LogP contribution in [0.25, 0.3) is 0 Å². The molecule has 2 aromatic rings. The van der Waals surface area contributed by atoms with Crippen molar-refractivity contribution in [3.05, 3.63) is 46.3 Å². The number of aliphatic hydroxyl groups excluding tert-OH is 1. The first kappa shape index (κ1) is 15.7. The molecule has 0 aliphatic rings. The first-order chi connectivity index (χ1) is 9.70. The summed E-state index contributed by atoms with van der Waals surface area (Å²) >= 11 is 0. The lowest BCUT2D eigenvalue weighted by atomic mass is 9.83. The maximum absolute atomic E-state index is 10.4. The third-order valence-electron chi connectivity index (χ3n) is 4.05. The van der Waals surface area contributed by atoms with Crippen molar-refractivity contribution in [2.24, 2.45) is 7.05 Å². The van der Waals surface area contributed by atoms with Crippen molar-refractivity contribution >= 4 is 0 Å². The van der Waals surface area contributed by atoms with Crippen LogP contribution >= 0.6 is 0 Å². The lowest BCUT2D eigenvalue weighted by molar-refractivity contribution is 0.168. The number of aryl methyl sites for hydroxylation is 3. The topological polar surface area (TPSA) is 50.9 Å². The van der Waals surface area contributed by atoms with Crippen LogP contribution in [0, 0.1) is 13.8 Å². The maximum atomic E-state index is 10.4. The third kappa shape index (κ3) is 3.32. The monoisotopic (exact) mass is 287 g/mol. The minimum atomic E-state index is -0.581. The highest BCUT2D eigenvalue weighted by Crippen LogP contribution is 2.29. The Balaban J connectivity index is 2.31. The Bertz CT molecular complexity index is 615. The molecule has 0 aliphatic heterocycles. The van der Waals surface area contributed by atoms with Gasteiger partial charge in [0, 0.05) is 13.5 Å². The quantitative estimate of drug-likeness (QED) is 0.944. The summed E-state index contributed by atoms with van der Waals surface area (Å²) in [4.78, 5) is 0. The Morgan fingerprint density at radius 3 is 2.19 bits per heavy atom. The van der Waals surface area contributed by atoms with E-state index in [0.717, 1.165) is 5.69 Å². The van der Waals surface area contributed by atoms with Crippen LogP contribution in [-0.4, -0.2) is 20.1 Å². The summed E-state index contributed by atoms with van der Waals surface area (Å²) in [6.07, 6.45) is 1.63. The van der Waals surface area contributed by atoms with Gasteiger partial charge >= 0.3 is 0 Å². The molecule has 0 amide bonds. The fourth-order valence-electron chi connectivity index (χ4n) is 2.65. The van der Waals surface area contributed by atoms with E-state index in [1.165, 1.54) is 22.3 Å². The zero-order valence-electron chi connectivity index (χ0n) is 13.8. The Morgan fingerprint density at radius 1 is 1.19 bits per heavy atom. The second-order valence-electron chi connectivity index (χ2n) is 6.84. The van der Waals surface area contributed by atoms with Gasteiger partial charge in [0.1, 0.15) is 6.10 Å². The van der Waals surface area contributed by atoms with Gasteiger partial charge in [0.05, 0.1) is 11.9 Å². The lowest BCUT2D eigenvalue weighted by Gasteiger charge is -2.23. The van der Waals surface area contributed by atoms with Crippen LogP contribution in [0.15, 0.2) is 18.3 Å². The minimum absolute atomic E-state index is 0.138. The highest BCUT2D eigenvalue weighted by molar-refractivity contribution is 5.41. The molecule has 0 saturated carbocycles. The molecule has 1 N–H and O–H groups in total. The number of hydrogen-bond acceptors (Lipinski definition) is 3. The molecule has 0 bridgehead atoms. The van der Waals surface area contributed by atoms with E-state index >= 15 is 0 Å². The van der Waals surface area contributed by atoms with Gasteiger partial charge in [-0.1, -0.05) is 38.1 Å². The van der Waals surface area contributed by atoms with Gasteiger partial charge in [-0.05, 0) is 41.5 Å². The molecule has 114 valence electrons. The van der Waals surface area contributed by atoms with Crippen molar-refractivity contribution in [1.82, 2.24) is 15.0 Å². The van der Waals surface area contributed by atoms with Gasteiger partial charge in [-0.3, -0.25) is 0 Å². The molecule has 0 saturated heterocycles. The van der Waals surface area contributed by atoms with E-state index in [1.54, 1.807) is 17.9 Å². The summed E-state index contributed by atoms with van der Waals surface area (Å²) in [5, 5.41) is 18.1. The normalized spacial score (nSPS) is 13.5. The highest BCUT2D eigenvalue weighted by atomic mass is 16.3. The molecule has 0 fully saturated rings. The summed E-state index contributed by atoms with van der Waals surface area (Å²) in [7, 11) is 1.80. The Kier molecular flexibility index (Phi) is 4.19. The van der Waals surface area contributed by atoms with Crippen molar-refractivity contribution in [2.45, 2.75) is 52.6 Å². The zero-order valence-corrected chi connectivity index (χ0v) is 13.8. The number of aromatic nitrogens is 3. The molecule has 0 radical (unpaired) electrons.